The number of aromatic nitrogens is 1. The SMILES string of the molecule is Nc1ccc(-c2nc3cc(C(F)(F)F)ccc3s2)s1. The average molecular weight is 300 g/mol. The van der Waals surface area contributed by atoms with E-state index < -0.39 is 11.7 Å². The van der Waals surface area contributed by atoms with Crippen molar-refractivity contribution in [3.05, 3.63) is 35.9 Å². The molecule has 0 radical (unpaired) electrons. The lowest BCUT2D eigenvalue weighted by Crippen LogP contribution is -2.03. The normalized spacial score (nSPS) is 12.2. The molecule has 0 atom stereocenters. The molecule has 0 aliphatic carbocycles. The number of nitrogen functional groups attached to an aromatic ring is 1. The van der Waals surface area contributed by atoms with E-state index in [0.717, 1.165) is 21.7 Å². The highest BCUT2D eigenvalue weighted by Crippen LogP contribution is 2.37. The maximum Gasteiger partial charge on any atom is 0.416 e. The third-order valence-electron chi connectivity index (χ3n) is 2.55. The zero-order valence-corrected chi connectivity index (χ0v) is 11.0. The highest BCUT2D eigenvalue weighted by atomic mass is 32.1. The van der Waals surface area contributed by atoms with Gasteiger partial charge in [-0.1, -0.05) is 0 Å². The highest BCUT2D eigenvalue weighted by molar-refractivity contribution is 7.26. The first-order chi connectivity index (χ1) is 8.93. The molecule has 2 N–H and O–H groups in total. The van der Waals surface area contributed by atoms with Crippen LogP contribution in [0.3, 0.4) is 0 Å². The van der Waals surface area contributed by atoms with Gasteiger partial charge >= 0.3 is 6.18 Å². The van der Waals surface area contributed by atoms with Gasteiger partial charge in [-0.2, -0.15) is 13.2 Å². The lowest BCUT2D eigenvalue weighted by atomic mass is 10.2. The van der Waals surface area contributed by atoms with Crippen molar-refractivity contribution in [2.45, 2.75) is 6.18 Å². The summed E-state index contributed by atoms with van der Waals surface area (Å²) < 4.78 is 38.6. The van der Waals surface area contributed by atoms with Gasteiger partial charge < -0.3 is 5.73 Å². The summed E-state index contributed by atoms with van der Waals surface area (Å²) in [6, 6.07) is 7.19. The second kappa shape index (κ2) is 4.21. The van der Waals surface area contributed by atoms with Gasteiger partial charge in [0.2, 0.25) is 0 Å². The summed E-state index contributed by atoms with van der Waals surface area (Å²) in [5.74, 6) is 0. The molecule has 0 spiro atoms. The Kier molecular flexibility index (Phi) is 2.75. The molecule has 3 rings (SSSR count). The van der Waals surface area contributed by atoms with Crippen LogP contribution >= 0.6 is 22.7 Å². The summed E-state index contributed by atoms with van der Waals surface area (Å²) in [7, 11) is 0. The molecule has 0 amide bonds. The molecule has 0 aliphatic rings. The Bertz CT molecular complexity index is 743. The number of hydrogen-bond donors (Lipinski definition) is 1. The Labute approximate surface area is 114 Å². The fraction of sp³-hybridized carbons (Fsp3) is 0.0833. The standard InChI is InChI=1S/C12H7F3N2S2/c13-12(14,15)6-1-2-8-7(5-6)17-11(19-8)9-3-4-10(16)18-9/h1-5H,16H2. The molecule has 0 bridgehead atoms. The van der Waals surface area contributed by atoms with Crippen LogP contribution in [-0.4, -0.2) is 4.98 Å². The number of anilines is 1. The fourth-order valence-corrected chi connectivity index (χ4v) is 3.45. The second-order valence-corrected chi connectivity index (χ2v) is 6.05. The Morgan fingerprint density at radius 3 is 2.47 bits per heavy atom. The third-order valence-corrected chi connectivity index (χ3v) is 4.67. The molecule has 0 fully saturated rings. The van der Waals surface area contributed by atoms with E-state index in [4.69, 9.17) is 5.73 Å². The van der Waals surface area contributed by atoms with Crippen LogP contribution < -0.4 is 5.73 Å². The summed E-state index contributed by atoms with van der Waals surface area (Å²) in [5.41, 5.74) is 5.32. The summed E-state index contributed by atoms with van der Waals surface area (Å²) in [6.07, 6.45) is -4.34. The van der Waals surface area contributed by atoms with Gasteiger partial charge in [0.15, 0.2) is 0 Å². The van der Waals surface area contributed by atoms with E-state index in [-0.39, 0.29) is 0 Å². The molecule has 1 aromatic carbocycles. The number of nitrogens with two attached hydrogens (primary N) is 1. The summed E-state index contributed by atoms with van der Waals surface area (Å²) in [4.78, 5) is 5.11. The van der Waals surface area contributed by atoms with E-state index in [1.54, 1.807) is 6.07 Å². The number of nitrogens with zero attached hydrogens (tertiary/aromatic N) is 1. The Morgan fingerprint density at radius 2 is 1.84 bits per heavy atom. The topological polar surface area (TPSA) is 38.9 Å². The van der Waals surface area contributed by atoms with Crippen LogP contribution in [0.4, 0.5) is 18.2 Å². The molecule has 19 heavy (non-hydrogen) atoms. The van der Waals surface area contributed by atoms with Gasteiger partial charge in [0.1, 0.15) is 5.01 Å². The summed E-state index contributed by atoms with van der Waals surface area (Å²) >= 11 is 2.73. The van der Waals surface area contributed by atoms with Gasteiger partial charge in [0, 0.05) is 0 Å². The van der Waals surface area contributed by atoms with Gasteiger partial charge in [-0.3, -0.25) is 0 Å². The van der Waals surface area contributed by atoms with Crippen LogP contribution in [0, 0.1) is 0 Å². The second-order valence-electron chi connectivity index (χ2n) is 3.90. The first-order valence-corrected chi connectivity index (χ1v) is 6.90. The van der Waals surface area contributed by atoms with Gasteiger partial charge in [-0.05, 0) is 30.3 Å². The third kappa shape index (κ3) is 2.31. The van der Waals surface area contributed by atoms with Crippen molar-refractivity contribution in [3.63, 3.8) is 0 Å². The number of alkyl halides is 3. The Hall–Kier alpha value is -1.60. The van der Waals surface area contributed by atoms with E-state index in [1.807, 2.05) is 6.07 Å². The fourth-order valence-electron chi connectivity index (χ4n) is 1.68. The monoisotopic (exact) mass is 300 g/mol. The Balaban J connectivity index is 2.11. The molecule has 98 valence electrons. The van der Waals surface area contributed by atoms with Gasteiger partial charge in [0.05, 0.1) is 25.7 Å². The number of fused-ring (bicyclic) bond motifs is 1. The average Bonchev–Trinajstić information content (AvgIpc) is 2.92. The van der Waals surface area contributed by atoms with E-state index in [1.165, 1.54) is 28.7 Å². The van der Waals surface area contributed by atoms with Crippen molar-refractivity contribution in [1.29, 1.82) is 0 Å². The molecular formula is C12H7F3N2S2. The molecule has 2 nitrogen and oxygen atoms in total. The molecular weight excluding hydrogens is 293 g/mol. The maximum atomic E-state index is 12.6. The quantitative estimate of drug-likeness (QED) is 0.712. The molecule has 0 saturated carbocycles. The van der Waals surface area contributed by atoms with Gasteiger partial charge in [0.25, 0.3) is 0 Å². The smallest absolute Gasteiger partial charge is 0.391 e. The molecule has 0 saturated heterocycles. The molecule has 2 aromatic heterocycles. The van der Waals surface area contributed by atoms with Crippen molar-refractivity contribution in [2.75, 3.05) is 5.73 Å². The zero-order valence-electron chi connectivity index (χ0n) is 9.36. The Morgan fingerprint density at radius 1 is 1.05 bits per heavy atom. The number of rotatable bonds is 1. The molecule has 7 heteroatoms. The van der Waals surface area contributed by atoms with Crippen molar-refractivity contribution in [2.24, 2.45) is 0 Å². The van der Waals surface area contributed by atoms with Crippen molar-refractivity contribution >= 4 is 37.9 Å². The molecule has 0 aliphatic heterocycles. The van der Waals surface area contributed by atoms with Crippen molar-refractivity contribution in [3.8, 4) is 9.88 Å². The number of halogens is 3. The predicted octanol–water partition coefficient (Wildman–Crippen LogP) is 4.63. The van der Waals surface area contributed by atoms with Crippen LogP contribution in [0.5, 0.6) is 0 Å². The van der Waals surface area contributed by atoms with E-state index in [0.29, 0.717) is 15.5 Å². The molecule has 3 aromatic rings. The first kappa shape index (κ1) is 12.4. The van der Waals surface area contributed by atoms with E-state index >= 15 is 0 Å². The van der Waals surface area contributed by atoms with Crippen molar-refractivity contribution < 1.29 is 13.2 Å². The number of thiophene rings is 1. The predicted molar refractivity (Wildman–Crippen MR) is 72.3 cm³/mol. The van der Waals surface area contributed by atoms with Crippen LogP contribution in [0.25, 0.3) is 20.1 Å². The van der Waals surface area contributed by atoms with Crippen LogP contribution in [0.2, 0.25) is 0 Å². The lowest BCUT2D eigenvalue weighted by molar-refractivity contribution is -0.137. The van der Waals surface area contributed by atoms with Crippen LogP contribution in [0.1, 0.15) is 5.56 Å². The highest BCUT2D eigenvalue weighted by Gasteiger charge is 2.30. The molecule has 0 unspecified atom stereocenters. The number of thiazole rings is 1. The minimum Gasteiger partial charge on any atom is -0.391 e. The zero-order chi connectivity index (χ0) is 13.6. The van der Waals surface area contributed by atoms with Crippen molar-refractivity contribution in [1.82, 2.24) is 4.98 Å². The first-order valence-electron chi connectivity index (χ1n) is 5.27. The van der Waals surface area contributed by atoms with Gasteiger partial charge in [-0.25, -0.2) is 4.98 Å². The summed E-state index contributed by atoms with van der Waals surface area (Å²) in [6.45, 7) is 0. The van der Waals surface area contributed by atoms with Crippen LogP contribution in [-0.2, 0) is 6.18 Å². The van der Waals surface area contributed by atoms with Crippen LogP contribution in [0.15, 0.2) is 30.3 Å². The molecule has 2 heterocycles. The summed E-state index contributed by atoms with van der Waals surface area (Å²) in [5, 5.41) is 1.35. The van der Waals surface area contributed by atoms with E-state index in [2.05, 4.69) is 4.98 Å². The lowest BCUT2D eigenvalue weighted by Gasteiger charge is -2.04. The number of benzene rings is 1. The largest absolute Gasteiger partial charge is 0.416 e. The van der Waals surface area contributed by atoms with E-state index in [9.17, 15) is 13.2 Å². The van der Waals surface area contributed by atoms with Gasteiger partial charge in [-0.15, -0.1) is 22.7 Å². The minimum atomic E-state index is -4.34. The minimum absolute atomic E-state index is 0.363. The maximum absolute atomic E-state index is 12.6. The number of hydrogen-bond acceptors (Lipinski definition) is 4.